The van der Waals surface area contributed by atoms with Crippen LogP contribution in [0.25, 0.3) is 0 Å². The smallest absolute Gasteiger partial charge is 0.263 e. The van der Waals surface area contributed by atoms with Gasteiger partial charge in [0.05, 0.1) is 4.90 Å². The number of sulfonamides is 1. The first-order valence-electron chi connectivity index (χ1n) is 6.01. The predicted molar refractivity (Wildman–Crippen MR) is 89.6 cm³/mol. The SMILES string of the molecule is CNC(=S)Nc1ccc(S(=O)(=O)Nc2ccc(Cl)nn2)cc1. The summed E-state index contributed by atoms with van der Waals surface area (Å²) in [7, 11) is -2.06. The summed E-state index contributed by atoms with van der Waals surface area (Å²) >= 11 is 10.6. The summed E-state index contributed by atoms with van der Waals surface area (Å²) in [6.07, 6.45) is 0. The van der Waals surface area contributed by atoms with Gasteiger partial charge in [0.15, 0.2) is 16.1 Å². The first kappa shape index (κ1) is 16.4. The molecule has 0 spiro atoms. The molecule has 3 N–H and O–H groups in total. The van der Waals surface area contributed by atoms with E-state index >= 15 is 0 Å². The van der Waals surface area contributed by atoms with Crippen LogP contribution in [0.5, 0.6) is 0 Å². The molecular weight excluding hydrogens is 346 g/mol. The minimum Gasteiger partial charge on any atom is -0.366 e. The zero-order valence-corrected chi connectivity index (χ0v) is 13.8. The quantitative estimate of drug-likeness (QED) is 0.718. The van der Waals surface area contributed by atoms with Crippen molar-refractivity contribution >= 4 is 50.5 Å². The van der Waals surface area contributed by atoms with Gasteiger partial charge in [0.2, 0.25) is 0 Å². The van der Waals surface area contributed by atoms with Gasteiger partial charge in [-0.05, 0) is 48.6 Å². The van der Waals surface area contributed by atoms with E-state index in [1.54, 1.807) is 19.2 Å². The third-order valence-corrected chi connectivity index (χ3v) is 4.40. The number of aromatic nitrogens is 2. The summed E-state index contributed by atoms with van der Waals surface area (Å²) < 4.78 is 26.7. The average molecular weight is 358 g/mol. The van der Waals surface area contributed by atoms with Gasteiger partial charge in [-0.3, -0.25) is 4.72 Å². The number of hydrogen-bond donors (Lipinski definition) is 3. The Morgan fingerprint density at radius 2 is 1.82 bits per heavy atom. The number of halogens is 1. The Bertz CT molecular complexity index is 763. The van der Waals surface area contributed by atoms with E-state index in [1.807, 2.05) is 0 Å². The molecule has 0 aliphatic rings. The van der Waals surface area contributed by atoms with Crippen LogP contribution in [0.2, 0.25) is 5.15 Å². The van der Waals surface area contributed by atoms with Crippen LogP contribution in [0.15, 0.2) is 41.3 Å². The van der Waals surface area contributed by atoms with Crippen molar-refractivity contribution in [3.05, 3.63) is 41.6 Å². The van der Waals surface area contributed by atoms with E-state index in [0.717, 1.165) is 0 Å². The predicted octanol–water partition coefficient (Wildman–Crippen LogP) is 1.85. The molecule has 116 valence electrons. The number of nitrogens with one attached hydrogen (secondary N) is 3. The minimum absolute atomic E-state index is 0.0861. The summed E-state index contributed by atoms with van der Waals surface area (Å²) in [5.41, 5.74) is 0.671. The number of anilines is 2. The lowest BCUT2D eigenvalue weighted by Gasteiger charge is -2.09. The van der Waals surface area contributed by atoms with E-state index < -0.39 is 10.0 Å². The van der Waals surface area contributed by atoms with E-state index in [9.17, 15) is 8.42 Å². The third-order valence-electron chi connectivity index (χ3n) is 2.52. The molecule has 22 heavy (non-hydrogen) atoms. The molecule has 0 atom stereocenters. The Morgan fingerprint density at radius 3 is 2.36 bits per heavy atom. The summed E-state index contributed by atoms with van der Waals surface area (Å²) in [6.45, 7) is 0. The molecular formula is C12H12ClN5O2S2. The molecule has 1 aromatic carbocycles. The van der Waals surface area contributed by atoms with Crippen molar-refractivity contribution in [2.45, 2.75) is 4.90 Å². The summed E-state index contributed by atoms with van der Waals surface area (Å²) in [4.78, 5) is 0.0881. The number of thiocarbonyl (C=S) groups is 1. The highest BCUT2D eigenvalue weighted by Gasteiger charge is 2.15. The van der Waals surface area contributed by atoms with Crippen LogP contribution in [0, 0.1) is 0 Å². The molecule has 1 heterocycles. The largest absolute Gasteiger partial charge is 0.366 e. The second kappa shape index (κ2) is 6.86. The standard InChI is InChI=1S/C12H12ClN5O2S2/c1-14-12(21)15-8-2-4-9(5-3-8)22(19,20)18-11-7-6-10(13)16-17-11/h2-7H,1H3,(H,17,18)(H2,14,15,21). The number of benzene rings is 1. The molecule has 2 rings (SSSR count). The third kappa shape index (κ3) is 4.26. The van der Waals surface area contributed by atoms with Gasteiger partial charge in [-0.15, -0.1) is 10.2 Å². The molecule has 0 saturated carbocycles. The second-order valence-corrected chi connectivity index (χ2v) is 6.55. The van der Waals surface area contributed by atoms with Crippen molar-refractivity contribution in [2.75, 3.05) is 17.1 Å². The topological polar surface area (TPSA) is 96.0 Å². The zero-order chi connectivity index (χ0) is 16.2. The van der Waals surface area contributed by atoms with Gasteiger partial charge in [-0.25, -0.2) is 8.42 Å². The maximum atomic E-state index is 12.2. The molecule has 1 aromatic heterocycles. The van der Waals surface area contributed by atoms with Crippen LogP contribution in [-0.4, -0.2) is 30.8 Å². The van der Waals surface area contributed by atoms with Crippen molar-refractivity contribution in [3.63, 3.8) is 0 Å². The lowest BCUT2D eigenvalue weighted by atomic mass is 10.3. The van der Waals surface area contributed by atoms with Gasteiger partial charge >= 0.3 is 0 Å². The van der Waals surface area contributed by atoms with Gasteiger partial charge in [-0.1, -0.05) is 11.6 Å². The fraction of sp³-hybridized carbons (Fsp3) is 0.0833. The molecule has 0 fully saturated rings. The van der Waals surface area contributed by atoms with Crippen molar-refractivity contribution in [2.24, 2.45) is 0 Å². The first-order valence-corrected chi connectivity index (χ1v) is 8.28. The molecule has 0 amide bonds. The van der Waals surface area contributed by atoms with E-state index in [-0.39, 0.29) is 15.9 Å². The average Bonchev–Trinajstić information content (AvgIpc) is 2.50. The fourth-order valence-corrected chi connectivity index (χ4v) is 2.69. The molecule has 7 nitrogen and oxygen atoms in total. The highest BCUT2D eigenvalue weighted by atomic mass is 35.5. The molecule has 0 aliphatic carbocycles. The molecule has 0 aliphatic heterocycles. The Hall–Kier alpha value is -1.97. The van der Waals surface area contributed by atoms with Gasteiger partial charge in [0, 0.05) is 12.7 Å². The van der Waals surface area contributed by atoms with E-state index in [1.165, 1.54) is 24.3 Å². The Labute approximate surface area is 138 Å². The monoisotopic (exact) mass is 357 g/mol. The van der Waals surface area contributed by atoms with Gasteiger partial charge in [0.1, 0.15) is 0 Å². The lowest BCUT2D eigenvalue weighted by molar-refractivity contribution is 0.601. The normalized spacial score (nSPS) is 10.8. The van der Waals surface area contributed by atoms with Crippen LogP contribution < -0.4 is 15.4 Å². The van der Waals surface area contributed by atoms with Crippen molar-refractivity contribution < 1.29 is 8.42 Å². The van der Waals surface area contributed by atoms with E-state index in [4.69, 9.17) is 23.8 Å². The maximum Gasteiger partial charge on any atom is 0.263 e. The summed E-state index contributed by atoms with van der Waals surface area (Å²) in [5, 5.41) is 13.5. The summed E-state index contributed by atoms with van der Waals surface area (Å²) in [6, 6.07) is 8.97. The number of hydrogen-bond acceptors (Lipinski definition) is 5. The van der Waals surface area contributed by atoms with E-state index in [0.29, 0.717) is 10.8 Å². The molecule has 10 heteroatoms. The van der Waals surface area contributed by atoms with Gasteiger partial charge < -0.3 is 10.6 Å². The van der Waals surface area contributed by atoms with Gasteiger partial charge in [0.25, 0.3) is 10.0 Å². The van der Waals surface area contributed by atoms with Crippen LogP contribution in [-0.2, 0) is 10.0 Å². The minimum atomic E-state index is -3.75. The molecule has 0 bridgehead atoms. The fourth-order valence-electron chi connectivity index (χ4n) is 1.48. The zero-order valence-electron chi connectivity index (χ0n) is 11.4. The molecule has 0 saturated heterocycles. The van der Waals surface area contributed by atoms with Crippen molar-refractivity contribution in [3.8, 4) is 0 Å². The summed E-state index contributed by atoms with van der Waals surface area (Å²) in [5.74, 6) is 0.0861. The van der Waals surface area contributed by atoms with Crippen molar-refractivity contribution in [1.82, 2.24) is 15.5 Å². The van der Waals surface area contributed by atoms with Crippen LogP contribution in [0.4, 0.5) is 11.5 Å². The number of rotatable bonds is 4. The van der Waals surface area contributed by atoms with Crippen molar-refractivity contribution in [1.29, 1.82) is 0 Å². The van der Waals surface area contributed by atoms with Gasteiger partial charge in [-0.2, -0.15) is 0 Å². The van der Waals surface area contributed by atoms with Crippen LogP contribution >= 0.6 is 23.8 Å². The maximum absolute atomic E-state index is 12.2. The highest BCUT2D eigenvalue weighted by molar-refractivity contribution is 7.92. The molecule has 0 unspecified atom stereocenters. The second-order valence-electron chi connectivity index (χ2n) is 4.08. The van der Waals surface area contributed by atoms with E-state index in [2.05, 4.69) is 25.6 Å². The highest BCUT2D eigenvalue weighted by Crippen LogP contribution is 2.17. The Balaban J connectivity index is 2.15. The lowest BCUT2D eigenvalue weighted by Crippen LogP contribution is -2.24. The molecule has 0 radical (unpaired) electrons. The first-order chi connectivity index (χ1) is 10.4. The Kier molecular flexibility index (Phi) is 5.11. The van der Waals surface area contributed by atoms with Crippen LogP contribution in [0.3, 0.4) is 0 Å². The Morgan fingerprint density at radius 1 is 1.14 bits per heavy atom. The van der Waals surface area contributed by atoms with Crippen LogP contribution in [0.1, 0.15) is 0 Å². The number of nitrogens with zero attached hydrogens (tertiary/aromatic N) is 2. The molecule has 2 aromatic rings.